The van der Waals surface area contributed by atoms with E-state index in [9.17, 15) is 9.59 Å². The molecule has 0 saturated carbocycles. The zero-order valence-corrected chi connectivity index (χ0v) is 21.8. The molecule has 8 nitrogen and oxygen atoms in total. The Labute approximate surface area is 222 Å². The molecule has 2 aliphatic rings. The lowest BCUT2D eigenvalue weighted by atomic mass is 9.95. The highest BCUT2D eigenvalue weighted by atomic mass is 32.1. The van der Waals surface area contributed by atoms with E-state index in [1.165, 1.54) is 11.3 Å². The zero-order valence-electron chi connectivity index (χ0n) is 21.0. The van der Waals surface area contributed by atoms with Crippen LogP contribution < -0.4 is 24.4 Å². The van der Waals surface area contributed by atoms with Crippen molar-refractivity contribution in [3.05, 3.63) is 103 Å². The average Bonchev–Trinajstić information content (AvgIpc) is 3.60. The fraction of sp³-hybridized carbons (Fsp3) is 0.207. The monoisotopic (exact) mass is 527 g/mol. The third-order valence-electron chi connectivity index (χ3n) is 6.66. The molecule has 0 aliphatic carbocycles. The molecule has 0 saturated heterocycles. The predicted octanol–water partition coefficient (Wildman–Crippen LogP) is 3.67. The summed E-state index contributed by atoms with van der Waals surface area (Å²) in [6, 6.07) is 12.8. The molecule has 2 aromatic heterocycles. The zero-order chi connectivity index (χ0) is 26.4. The molecule has 0 spiro atoms. The van der Waals surface area contributed by atoms with Gasteiger partial charge < -0.3 is 18.8 Å². The molecule has 2 aliphatic heterocycles. The molecule has 0 radical (unpaired) electrons. The van der Waals surface area contributed by atoms with Gasteiger partial charge in [0.05, 0.1) is 28.5 Å². The van der Waals surface area contributed by atoms with E-state index >= 15 is 0 Å². The maximum Gasteiger partial charge on any atom is 0.338 e. The van der Waals surface area contributed by atoms with Gasteiger partial charge in [-0.2, -0.15) is 0 Å². The summed E-state index contributed by atoms with van der Waals surface area (Å²) in [5.74, 6) is 0.686. The van der Waals surface area contributed by atoms with Gasteiger partial charge in [0.25, 0.3) is 5.56 Å². The van der Waals surface area contributed by atoms with Crippen molar-refractivity contribution in [2.24, 2.45) is 4.99 Å². The fourth-order valence-corrected chi connectivity index (χ4v) is 6.05. The molecule has 1 atom stereocenters. The minimum atomic E-state index is -0.718. The van der Waals surface area contributed by atoms with Crippen molar-refractivity contribution < 1.29 is 19.0 Å². The Morgan fingerprint density at radius 3 is 2.87 bits per heavy atom. The summed E-state index contributed by atoms with van der Waals surface area (Å²) in [5.41, 5.74) is 3.31. The van der Waals surface area contributed by atoms with E-state index in [4.69, 9.17) is 14.2 Å². The number of benzene rings is 2. The number of allylic oxidation sites excluding steroid dienone is 2. The minimum absolute atomic E-state index is 0.126. The van der Waals surface area contributed by atoms with Crippen LogP contribution in [0.1, 0.15) is 31.0 Å². The summed E-state index contributed by atoms with van der Waals surface area (Å²) in [5, 5.41) is 1.04. The van der Waals surface area contributed by atoms with Gasteiger partial charge in [0.1, 0.15) is 0 Å². The topological polar surface area (TPSA) is 84.0 Å². The largest absolute Gasteiger partial charge is 0.463 e. The Hall–Kier alpha value is -4.37. The van der Waals surface area contributed by atoms with E-state index in [-0.39, 0.29) is 19.0 Å². The van der Waals surface area contributed by atoms with Crippen LogP contribution >= 0.6 is 11.3 Å². The second kappa shape index (κ2) is 9.50. The average molecular weight is 528 g/mol. The lowest BCUT2D eigenvalue weighted by molar-refractivity contribution is -0.139. The second-order valence-corrected chi connectivity index (χ2v) is 9.97. The van der Waals surface area contributed by atoms with Crippen LogP contribution in [-0.2, 0) is 16.1 Å². The number of hydrogen-bond acceptors (Lipinski definition) is 7. The fourth-order valence-electron chi connectivity index (χ4n) is 5.01. The summed E-state index contributed by atoms with van der Waals surface area (Å²) in [6.07, 6.45) is 5.76. The van der Waals surface area contributed by atoms with Crippen LogP contribution in [0.25, 0.3) is 17.0 Å². The molecule has 4 aromatic rings. The standard InChI is InChI=1S/C29H25N3O5S/c1-4-12-31-15-19(20-8-6-7-9-21(20)31)14-24-27(33)32-26(18-10-11-22-23(13-18)37-16-36-22)25(28(34)35-5-2)17(3)30-29(32)38-24/h4,6-11,13-15,26H,1,5,12,16H2,2-3H3/b24-14+. The third kappa shape index (κ3) is 3.86. The summed E-state index contributed by atoms with van der Waals surface area (Å²) >= 11 is 1.30. The van der Waals surface area contributed by atoms with Crippen LogP contribution in [0.4, 0.5) is 0 Å². The van der Waals surface area contributed by atoms with Gasteiger partial charge >= 0.3 is 5.97 Å². The number of carbonyl (C=O) groups is 1. The molecule has 6 rings (SSSR count). The molecular weight excluding hydrogens is 502 g/mol. The van der Waals surface area contributed by atoms with Crippen LogP contribution in [0.3, 0.4) is 0 Å². The maximum atomic E-state index is 14.0. The molecular formula is C29H25N3O5S. The van der Waals surface area contributed by atoms with Crippen LogP contribution in [-0.4, -0.2) is 28.5 Å². The number of fused-ring (bicyclic) bond motifs is 3. The first-order valence-electron chi connectivity index (χ1n) is 12.3. The highest BCUT2D eigenvalue weighted by Gasteiger charge is 2.34. The number of carbonyl (C=O) groups excluding carboxylic acids is 1. The smallest absolute Gasteiger partial charge is 0.338 e. The Balaban J connectivity index is 1.56. The van der Waals surface area contributed by atoms with Gasteiger partial charge in [-0.15, -0.1) is 6.58 Å². The quantitative estimate of drug-likeness (QED) is 0.282. The number of nitrogens with zero attached hydrogens (tertiary/aromatic N) is 3. The molecule has 0 fully saturated rings. The van der Waals surface area contributed by atoms with Gasteiger partial charge in [-0.1, -0.05) is 41.7 Å². The number of aromatic nitrogens is 2. The van der Waals surface area contributed by atoms with Crippen molar-refractivity contribution in [1.82, 2.24) is 9.13 Å². The lowest BCUT2D eigenvalue weighted by Crippen LogP contribution is -2.39. The van der Waals surface area contributed by atoms with Crippen LogP contribution in [0.2, 0.25) is 0 Å². The SMILES string of the molecule is C=CCn1cc(/C=c2/sc3n(c2=O)C(c2ccc4c(c2)OCO4)C(C(=O)OCC)=C(C)N=3)c2ccccc21. The van der Waals surface area contributed by atoms with E-state index in [0.717, 1.165) is 16.5 Å². The van der Waals surface area contributed by atoms with Crippen LogP contribution in [0.15, 0.2) is 82.4 Å². The molecule has 1 unspecified atom stereocenters. The van der Waals surface area contributed by atoms with Gasteiger partial charge in [-0.05, 0) is 43.7 Å². The number of thiazole rings is 1. The molecule has 0 bridgehead atoms. The van der Waals surface area contributed by atoms with Crippen molar-refractivity contribution in [3.63, 3.8) is 0 Å². The Bertz CT molecular complexity index is 1820. The molecule has 38 heavy (non-hydrogen) atoms. The van der Waals surface area contributed by atoms with Gasteiger partial charge in [-0.25, -0.2) is 9.79 Å². The Morgan fingerprint density at radius 2 is 2.05 bits per heavy atom. The number of ether oxygens (including phenoxy) is 3. The van der Waals surface area contributed by atoms with Crippen LogP contribution in [0, 0.1) is 0 Å². The Morgan fingerprint density at radius 1 is 1.24 bits per heavy atom. The molecule has 4 heterocycles. The van der Waals surface area contributed by atoms with Crippen molar-refractivity contribution in [3.8, 4) is 11.5 Å². The van der Waals surface area contributed by atoms with Crippen molar-refractivity contribution in [2.45, 2.75) is 26.4 Å². The number of esters is 1. The van der Waals surface area contributed by atoms with Gasteiger partial charge in [-0.3, -0.25) is 9.36 Å². The van der Waals surface area contributed by atoms with E-state index in [1.807, 2.05) is 54.7 Å². The molecule has 9 heteroatoms. The maximum absolute atomic E-state index is 14.0. The molecule has 0 N–H and O–H groups in total. The molecule has 2 aromatic carbocycles. The predicted molar refractivity (Wildman–Crippen MR) is 145 cm³/mol. The first kappa shape index (κ1) is 24.0. The highest BCUT2D eigenvalue weighted by Crippen LogP contribution is 2.38. The lowest BCUT2D eigenvalue weighted by Gasteiger charge is -2.24. The van der Waals surface area contributed by atoms with E-state index in [2.05, 4.69) is 16.1 Å². The third-order valence-corrected chi connectivity index (χ3v) is 7.64. The Kier molecular flexibility index (Phi) is 6.00. The summed E-state index contributed by atoms with van der Waals surface area (Å²) < 4.78 is 20.6. The molecule has 0 amide bonds. The van der Waals surface area contributed by atoms with Crippen molar-refractivity contribution in [2.75, 3.05) is 13.4 Å². The van der Waals surface area contributed by atoms with E-state index < -0.39 is 12.0 Å². The first-order valence-corrected chi connectivity index (χ1v) is 13.1. The highest BCUT2D eigenvalue weighted by molar-refractivity contribution is 7.07. The van der Waals surface area contributed by atoms with E-state index in [0.29, 0.717) is 44.2 Å². The normalized spacial score (nSPS) is 16.5. The molecule has 192 valence electrons. The van der Waals surface area contributed by atoms with Gasteiger partial charge in [0, 0.05) is 29.2 Å². The second-order valence-electron chi connectivity index (χ2n) is 8.96. The van der Waals surface area contributed by atoms with Crippen molar-refractivity contribution >= 4 is 34.3 Å². The number of hydrogen-bond donors (Lipinski definition) is 0. The summed E-state index contributed by atoms with van der Waals surface area (Å²) in [6.45, 7) is 8.37. The minimum Gasteiger partial charge on any atom is -0.463 e. The van der Waals surface area contributed by atoms with Crippen LogP contribution in [0.5, 0.6) is 11.5 Å². The number of rotatable bonds is 6. The first-order chi connectivity index (χ1) is 18.5. The van der Waals surface area contributed by atoms with E-state index in [1.54, 1.807) is 24.5 Å². The van der Waals surface area contributed by atoms with Gasteiger partial charge in [0.2, 0.25) is 6.79 Å². The van der Waals surface area contributed by atoms with Gasteiger partial charge in [0.15, 0.2) is 16.3 Å². The van der Waals surface area contributed by atoms with Crippen molar-refractivity contribution in [1.29, 1.82) is 0 Å². The number of para-hydroxylation sites is 1. The summed E-state index contributed by atoms with van der Waals surface area (Å²) in [7, 11) is 0. The summed E-state index contributed by atoms with van der Waals surface area (Å²) in [4.78, 5) is 32.3.